The van der Waals surface area contributed by atoms with Crippen LogP contribution in [0.4, 0.5) is 5.69 Å². The Morgan fingerprint density at radius 1 is 1.53 bits per heavy atom. The van der Waals surface area contributed by atoms with Crippen molar-refractivity contribution in [3.63, 3.8) is 0 Å². The standard InChI is InChI=1S/C11H18N2O2/c1-8-6-10(14)13(7-9(8)12)5-4-11(2,3)15/h6-7,15H,4-5,12H2,1-3H3. The number of hydrogen-bond donors (Lipinski definition) is 2. The van der Waals surface area contributed by atoms with Crippen LogP contribution in [-0.2, 0) is 6.54 Å². The molecule has 0 aliphatic rings. The van der Waals surface area contributed by atoms with Gasteiger partial charge in [0.2, 0.25) is 0 Å². The number of nitrogens with zero attached hydrogens (tertiary/aromatic N) is 1. The first-order chi connectivity index (χ1) is 6.79. The fourth-order valence-corrected chi connectivity index (χ4v) is 1.25. The lowest BCUT2D eigenvalue weighted by Crippen LogP contribution is -2.26. The molecular weight excluding hydrogens is 192 g/mol. The molecule has 0 aromatic carbocycles. The quantitative estimate of drug-likeness (QED) is 0.778. The number of hydrogen-bond acceptors (Lipinski definition) is 3. The van der Waals surface area contributed by atoms with Crippen LogP contribution in [0.5, 0.6) is 0 Å². The largest absolute Gasteiger partial charge is 0.397 e. The average molecular weight is 210 g/mol. The summed E-state index contributed by atoms with van der Waals surface area (Å²) in [4.78, 5) is 11.5. The molecule has 0 aliphatic carbocycles. The fourth-order valence-electron chi connectivity index (χ4n) is 1.25. The van der Waals surface area contributed by atoms with Crippen molar-refractivity contribution in [2.75, 3.05) is 5.73 Å². The molecule has 1 aromatic heterocycles. The van der Waals surface area contributed by atoms with Crippen molar-refractivity contribution in [3.8, 4) is 0 Å². The van der Waals surface area contributed by atoms with E-state index in [-0.39, 0.29) is 5.56 Å². The highest BCUT2D eigenvalue weighted by molar-refractivity contribution is 5.42. The summed E-state index contributed by atoms with van der Waals surface area (Å²) in [6.45, 7) is 5.72. The Balaban J connectivity index is 2.87. The molecule has 0 aliphatic heterocycles. The Morgan fingerprint density at radius 2 is 2.13 bits per heavy atom. The molecule has 1 aromatic rings. The molecular formula is C11H18N2O2. The molecule has 0 saturated carbocycles. The summed E-state index contributed by atoms with van der Waals surface area (Å²) in [6, 6.07) is 1.51. The van der Waals surface area contributed by atoms with Crippen molar-refractivity contribution < 1.29 is 5.11 Å². The van der Waals surface area contributed by atoms with E-state index in [4.69, 9.17) is 5.73 Å². The van der Waals surface area contributed by atoms with Crippen LogP contribution in [0.25, 0.3) is 0 Å². The molecule has 1 rings (SSSR count). The predicted molar refractivity (Wildman–Crippen MR) is 60.8 cm³/mol. The van der Waals surface area contributed by atoms with Gasteiger partial charge in [-0.15, -0.1) is 0 Å². The van der Waals surface area contributed by atoms with Crippen molar-refractivity contribution in [3.05, 3.63) is 28.2 Å². The normalized spacial score (nSPS) is 11.7. The van der Waals surface area contributed by atoms with E-state index in [1.165, 1.54) is 10.6 Å². The van der Waals surface area contributed by atoms with Crippen LogP contribution in [0.3, 0.4) is 0 Å². The summed E-state index contributed by atoms with van der Waals surface area (Å²) in [7, 11) is 0. The average Bonchev–Trinajstić information content (AvgIpc) is 2.07. The first-order valence-corrected chi connectivity index (χ1v) is 4.98. The Bertz CT molecular complexity index is 402. The molecule has 84 valence electrons. The first-order valence-electron chi connectivity index (χ1n) is 4.98. The van der Waals surface area contributed by atoms with Crippen molar-refractivity contribution in [1.29, 1.82) is 0 Å². The van der Waals surface area contributed by atoms with E-state index in [2.05, 4.69) is 0 Å². The Kier molecular flexibility index (Phi) is 3.19. The molecule has 0 fully saturated rings. The van der Waals surface area contributed by atoms with Crippen LogP contribution in [-0.4, -0.2) is 15.3 Å². The third-order valence-electron chi connectivity index (χ3n) is 2.34. The monoisotopic (exact) mass is 210 g/mol. The molecule has 15 heavy (non-hydrogen) atoms. The van der Waals surface area contributed by atoms with Gasteiger partial charge in [-0.05, 0) is 32.8 Å². The van der Waals surface area contributed by atoms with E-state index in [1.807, 2.05) is 0 Å². The number of aliphatic hydroxyl groups is 1. The number of anilines is 1. The van der Waals surface area contributed by atoms with Gasteiger partial charge < -0.3 is 15.4 Å². The molecule has 4 nitrogen and oxygen atoms in total. The summed E-state index contributed by atoms with van der Waals surface area (Å²) in [5, 5.41) is 9.55. The van der Waals surface area contributed by atoms with Crippen LogP contribution in [0.2, 0.25) is 0 Å². The minimum atomic E-state index is -0.765. The lowest BCUT2D eigenvalue weighted by molar-refractivity contribution is 0.0659. The Labute approximate surface area is 89.3 Å². The van der Waals surface area contributed by atoms with Crippen molar-refractivity contribution >= 4 is 5.69 Å². The number of nitrogen functional groups attached to an aromatic ring is 1. The van der Waals surface area contributed by atoms with E-state index in [9.17, 15) is 9.90 Å². The zero-order valence-electron chi connectivity index (χ0n) is 9.45. The van der Waals surface area contributed by atoms with Crippen LogP contribution in [0.1, 0.15) is 25.8 Å². The molecule has 0 spiro atoms. The molecule has 0 radical (unpaired) electrons. The molecule has 0 unspecified atom stereocenters. The topological polar surface area (TPSA) is 68.2 Å². The number of aromatic nitrogens is 1. The van der Waals surface area contributed by atoms with Gasteiger partial charge in [0.05, 0.1) is 11.3 Å². The van der Waals surface area contributed by atoms with E-state index in [0.29, 0.717) is 18.7 Å². The minimum absolute atomic E-state index is 0.0778. The number of pyridine rings is 1. The van der Waals surface area contributed by atoms with Crippen molar-refractivity contribution in [1.82, 2.24) is 4.57 Å². The maximum atomic E-state index is 11.5. The highest BCUT2D eigenvalue weighted by atomic mass is 16.3. The number of nitrogens with two attached hydrogens (primary N) is 1. The van der Waals surface area contributed by atoms with E-state index >= 15 is 0 Å². The highest BCUT2D eigenvalue weighted by Gasteiger charge is 2.12. The molecule has 0 atom stereocenters. The van der Waals surface area contributed by atoms with E-state index < -0.39 is 5.60 Å². The molecule has 1 heterocycles. The Hall–Kier alpha value is -1.29. The second-order valence-electron chi connectivity index (χ2n) is 4.51. The molecule has 4 heteroatoms. The van der Waals surface area contributed by atoms with Gasteiger partial charge in [-0.2, -0.15) is 0 Å². The second kappa shape index (κ2) is 4.06. The minimum Gasteiger partial charge on any atom is -0.397 e. The maximum Gasteiger partial charge on any atom is 0.250 e. The lowest BCUT2D eigenvalue weighted by atomic mass is 10.1. The van der Waals surface area contributed by atoms with Gasteiger partial charge in [-0.1, -0.05) is 0 Å². The summed E-state index contributed by atoms with van der Waals surface area (Å²) in [6.07, 6.45) is 2.15. The van der Waals surface area contributed by atoms with E-state index in [1.54, 1.807) is 27.0 Å². The molecule has 3 N–H and O–H groups in total. The third kappa shape index (κ3) is 3.40. The van der Waals surface area contributed by atoms with Crippen molar-refractivity contribution in [2.24, 2.45) is 0 Å². The molecule has 0 amide bonds. The zero-order chi connectivity index (χ0) is 11.6. The fraction of sp³-hybridized carbons (Fsp3) is 0.545. The van der Waals surface area contributed by atoms with Gasteiger partial charge >= 0.3 is 0 Å². The van der Waals surface area contributed by atoms with Crippen LogP contribution in [0.15, 0.2) is 17.1 Å². The first kappa shape index (κ1) is 11.8. The van der Waals surface area contributed by atoms with Crippen molar-refractivity contribution in [2.45, 2.75) is 39.3 Å². The number of aryl methyl sites for hydroxylation is 2. The van der Waals surface area contributed by atoms with Gasteiger partial charge in [0.25, 0.3) is 5.56 Å². The summed E-state index contributed by atoms with van der Waals surface area (Å²) in [5.74, 6) is 0. The zero-order valence-corrected chi connectivity index (χ0v) is 9.45. The Morgan fingerprint density at radius 3 is 2.67 bits per heavy atom. The second-order valence-corrected chi connectivity index (χ2v) is 4.51. The third-order valence-corrected chi connectivity index (χ3v) is 2.34. The van der Waals surface area contributed by atoms with Gasteiger partial charge in [0.1, 0.15) is 0 Å². The van der Waals surface area contributed by atoms with E-state index in [0.717, 1.165) is 5.56 Å². The highest BCUT2D eigenvalue weighted by Crippen LogP contribution is 2.10. The SMILES string of the molecule is Cc1cc(=O)n(CCC(C)(C)O)cc1N. The summed E-state index contributed by atoms with van der Waals surface area (Å²) in [5.41, 5.74) is 6.26. The lowest BCUT2D eigenvalue weighted by Gasteiger charge is -2.17. The van der Waals surface area contributed by atoms with Gasteiger partial charge in [-0.3, -0.25) is 4.79 Å². The van der Waals surface area contributed by atoms with Gasteiger partial charge in [-0.25, -0.2) is 0 Å². The van der Waals surface area contributed by atoms with Crippen LogP contribution >= 0.6 is 0 Å². The number of rotatable bonds is 3. The summed E-state index contributed by atoms with van der Waals surface area (Å²) >= 11 is 0. The summed E-state index contributed by atoms with van der Waals surface area (Å²) < 4.78 is 1.53. The van der Waals surface area contributed by atoms with Gasteiger partial charge in [0.15, 0.2) is 0 Å². The molecule has 0 saturated heterocycles. The van der Waals surface area contributed by atoms with Crippen LogP contribution in [0, 0.1) is 6.92 Å². The van der Waals surface area contributed by atoms with Crippen LogP contribution < -0.4 is 11.3 Å². The maximum absolute atomic E-state index is 11.5. The predicted octanol–water partition coefficient (Wildman–Crippen LogP) is 0.900. The van der Waals surface area contributed by atoms with Gasteiger partial charge in [0, 0.05) is 18.8 Å². The smallest absolute Gasteiger partial charge is 0.250 e. The molecule has 0 bridgehead atoms.